The maximum atomic E-state index is 4.26. The molecular weight excluding hydrogens is 398 g/mol. The van der Waals surface area contributed by atoms with Crippen LogP contribution in [0.15, 0.2) is 116 Å². The molecule has 0 spiro atoms. The third-order valence-electron chi connectivity index (χ3n) is 6.94. The predicted molar refractivity (Wildman–Crippen MR) is 138 cm³/mol. The fourth-order valence-corrected chi connectivity index (χ4v) is 5.50. The highest BCUT2D eigenvalue weighted by Gasteiger charge is 2.39. The van der Waals surface area contributed by atoms with E-state index in [0.29, 0.717) is 0 Å². The molecule has 6 rings (SSSR count). The molecule has 1 aromatic heterocycles. The SMILES string of the molecule is CC1(C)c2c(-c3ccccc3)cccc2-c2cccc(-c3ccc(-c4cccnc4)cc3)c21. The van der Waals surface area contributed by atoms with Crippen molar-refractivity contribution in [2.75, 3.05) is 0 Å². The number of benzene rings is 4. The molecule has 0 atom stereocenters. The highest BCUT2D eigenvalue weighted by atomic mass is 14.6. The summed E-state index contributed by atoms with van der Waals surface area (Å²) in [6, 6.07) is 37.2. The van der Waals surface area contributed by atoms with Crippen molar-refractivity contribution in [1.82, 2.24) is 4.98 Å². The summed E-state index contributed by atoms with van der Waals surface area (Å²) >= 11 is 0. The molecule has 5 aromatic rings. The van der Waals surface area contributed by atoms with E-state index in [2.05, 4.69) is 116 Å². The van der Waals surface area contributed by atoms with E-state index in [1.165, 1.54) is 50.1 Å². The van der Waals surface area contributed by atoms with Crippen LogP contribution in [0.5, 0.6) is 0 Å². The first-order chi connectivity index (χ1) is 16.1. The van der Waals surface area contributed by atoms with Crippen molar-refractivity contribution >= 4 is 0 Å². The van der Waals surface area contributed by atoms with Gasteiger partial charge in [-0.25, -0.2) is 0 Å². The maximum absolute atomic E-state index is 4.26. The summed E-state index contributed by atoms with van der Waals surface area (Å²) in [4.78, 5) is 4.26. The molecule has 0 fully saturated rings. The Balaban J connectivity index is 1.50. The van der Waals surface area contributed by atoms with Gasteiger partial charge in [-0.2, -0.15) is 0 Å². The van der Waals surface area contributed by atoms with Crippen molar-refractivity contribution in [3.8, 4) is 44.5 Å². The lowest BCUT2D eigenvalue weighted by Crippen LogP contribution is -2.17. The lowest BCUT2D eigenvalue weighted by Gasteiger charge is -2.27. The molecule has 0 radical (unpaired) electrons. The lowest BCUT2D eigenvalue weighted by molar-refractivity contribution is 0.664. The highest BCUT2D eigenvalue weighted by molar-refractivity contribution is 5.92. The Hall–Kier alpha value is -3.97. The van der Waals surface area contributed by atoms with Crippen LogP contribution in [-0.4, -0.2) is 4.98 Å². The fraction of sp³-hybridized carbons (Fsp3) is 0.0938. The number of fused-ring (bicyclic) bond motifs is 3. The first-order valence-corrected chi connectivity index (χ1v) is 11.5. The molecule has 1 nitrogen and oxygen atoms in total. The molecule has 33 heavy (non-hydrogen) atoms. The van der Waals surface area contributed by atoms with Crippen LogP contribution in [0.3, 0.4) is 0 Å². The summed E-state index contributed by atoms with van der Waals surface area (Å²) in [5.74, 6) is 0. The van der Waals surface area contributed by atoms with E-state index in [4.69, 9.17) is 0 Å². The zero-order chi connectivity index (χ0) is 22.4. The van der Waals surface area contributed by atoms with Crippen molar-refractivity contribution in [3.63, 3.8) is 0 Å². The van der Waals surface area contributed by atoms with E-state index >= 15 is 0 Å². The van der Waals surface area contributed by atoms with Crippen LogP contribution in [-0.2, 0) is 5.41 Å². The minimum atomic E-state index is -0.101. The highest BCUT2D eigenvalue weighted by Crippen LogP contribution is 2.54. The standard InChI is InChI=1S/C32H25N/c1-32(2)30-26(23-9-4-3-5-10-23)12-6-14-28(30)29-15-7-13-27(31(29)32)24-18-16-22(17-19-24)25-11-8-20-33-21-25/h3-21H,1-2H3. The van der Waals surface area contributed by atoms with Crippen LogP contribution in [0.4, 0.5) is 0 Å². The van der Waals surface area contributed by atoms with Gasteiger partial charge in [0, 0.05) is 17.8 Å². The summed E-state index contributed by atoms with van der Waals surface area (Å²) in [7, 11) is 0. The Bertz CT molecular complexity index is 1450. The smallest absolute Gasteiger partial charge is 0.0346 e. The Morgan fingerprint density at radius 3 is 1.55 bits per heavy atom. The van der Waals surface area contributed by atoms with Gasteiger partial charge in [0.15, 0.2) is 0 Å². The minimum Gasteiger partial charge on any atom is -0.264 e. The molecule has 4 aromatic carbocycles. The molecule has 0 aliphatic heterocycles. The molecule has 0 bridgehead atoms. The van der Waals surface area contributed by atoms with Crippen LogP contribution in [0, 0.1) is 0 Å². The van der Waals surface area contributed by atoms with Gasteiger partial charge in [-0.1, -0.05) is 111 Å². The van der Waals surface area contributed by atoms with Crippen LogP contribution in [0.2, 0.25) is 0 Å². The van der Waals surface area contributed by atoms with Crippen molar-refractivity contribution in [2.24, 2.45) is 0 Å². The summed E-state index contributed by atoms with van der Waals surface area (Å²) in [6.45, 7) is 4.75. The molecule has 0 N–H and O–H groups in total. The third-order valence-corrected chi connectivity index (χ3v) is 6.94. The zero-order valence-corrected chi connectivity index (χ0v) is 18.9. The average molecular weight is 424 g/mol. The van der Waals surface area contributed by atoms with Crippen molar-refractivity contribution in [2.45, 2.75) is 19.3 Å². The van der Waals surface area contributed by atoms with Gasteiger partial charge in [-0.05, 0) is 61.7 Å². The Morgan fingerprint density at radius 2 is 0.970 bits per heavy atom. The first kappa shape index (κ1) is 19.7. The van der Waals surface area contributed by atoms with Crippen LogP contribution >= 0.6 is 0 Å². The number of aromatic nitrogens is 1. The summed E-state index contributed by atoms with van der Waals surface area (Å²) in [5.41, 5.74) is 12.9. The first-order valence-electron chi connectivity index (χ1n) is 11.5. The van der Waals surface area contributed by atoms with E-state index < -0.39 is 0 Å². The summed E-state index contributed by atoms with van der Waals surface area (Å²) in [6.07, 6.45) is 3.73. The fourth-order valence-electron chi connectivity index (χ4n) is 5.50. The van der Waals surface area contributed by atoms with Gasteiger partial charge in [0.1, 0.15) is 0 Å². The molecule has 1 aliphatic rings. The van der Waals surface area contributed by atoms with Crippen LogP contribution < -0.4 is 0 Å². The molecule has 0 amide bonds. The number of hydrogen-bond acceptors (Lipinski definition) is 1. The minimum absolute atomic E-state index is 0.101. The number of nitrogens with zero attached hydrogens (tertiary/aromatic N) is 1. The normalized spacial score (nSPS) is 13.4. The molecule has 1 aliphatic carbocycles. The van der Waals surface area contributed by atoms with Crippen LogP contribution in [0.25, 0.3) is 44.5 Å². The van der Waals surface area contributed by atoms with Gasteiger partial charge in [0.25, 0.3) is 0 Å². The maximum Gasteiger partial charge on any atom is 0.0346 e. The molecule has 0 saturated carbocycles. The van der Waals surface area contributed by atoms with E-state index in [1.54, 1.807) is 0 Å². The number of pyridine rings is 1. The van der Waals surface area contributed by atoms with Gasteiger partial charge in [0.05, 0.1) is 0 Å². The van der Waals surface area contributed by atoms with E-state index in [0.717, 1.165) is 5.56 Å². The second-order valence-corrected chi connectivity index (χ2v) is 9.27. The van der Waals surface area contributed by atoms with E-state index in [-0.39, 0.29) is 5.41 Å². The van der Waals surface area contributed by atoms with E-state index in [9.17, 15) is 0 Å². The Labute approximate surface area is 195 Å². The quantitative estimate of drug-likeness (QED) is 0.284. The van der Waals surface area contributed by atoms with Crippen molar-refractivity contribution in [1.29, 1.82) is 0 Å². The topological polar surface area (TPSA) is 12.9 Å². The molecule has 0 unspecified atom stereocenters. The third kappa shape index (κ3) is 3.12. The van der Waals surface area contributed by atoms with Gasteiger partial charge in [0.2, 0.25) is 0 Å². The second kappa shape index (κ2) is 7.56. The number of rotatable bonds is 3. The van der Waals surface area contributed by atoms with Gasteiger partial charge in [-0.15, -0.1) is 0 Å². The van der Waals surface area contributed by atoms with Gasteiger partial charge < -0.3 is 0 Å². The largest absolute Gasteiger partial charge is 0.264 e. The predicted octanol–water partition coefficient (Wildman–Crippen LogP) is 8.39. The summed E-state index contributed by atoms with van der Waals surface area (Å²) in [5, 5.41) is 0. The Kier molecular flexibility index (Phi) is 4.52. The van der Waals surface area contributed by atoms with E-state index in [1.807, 2.05) is 18.5 Å². The molecule has 1 heteroatoms. The Morgan fingerprint density at radius 1 is 0.455 bits per heavy atom. The average Bonchev–Trinajstić information content (AvgIpc) is 3.12. The van der Waals surface area contributed by atoms with Crippen molar-refractivity contribution in [3.05, 3.63) is 127 Å². The molecule has 0 saturated heterocycles. The molecule has 1 heterocycles. The second-order valence-electron chi connectivity index (χ2n) is 9.27. The lowest BCUT2D eigenvalue weighted by atomic mass is 9.76. The van der Waals surface area contributed by atoms with Gasteiger partial charge in [-0.3, -0.25) is 4.98 Å². The van der Waals surface area contributed by atoms with Crippen LogP contribution in [0.1, 0.15) is 25.0 Å². The summed E-state index contributed by atoms with van der Waals surface area (Å²) < 4.78 is 0. The monoisotopic (exact) mass is 423 g/mol. The number of hydrogen-bond donors (Lipinski definition) is 0. The zero-order valence-electron chi connectivity index (χ0n) is 18.9. The van der Waals surface area contributed by atoms with Crippen molar-refractivity contribution < 1.29 is 0 Å². The molecule has 158 valence electrons. The molecular formula is C32H25N. The van der Waals surface area contributed by atoms with Gasteiger partial charge >= 0.3 is 0 Å².